The van der Waals surface area contributed by atoms with Crippen molar-refractivity contribution in [3.63, 3.8) is 0 Å². The average Bonchev–Trinajstić information content (AvgIpc) is 2.35. The topological polar surface area (TPSA) is 55.1 Å². The summed E-state index contributed by atoms with van der Waals surface area (Å²) in [5.74, 6) is -0.842. The van der Waals surface area contributed by atoms with Crippen molar-refractivity contribution in [3.05, 3.63) is 18.0 Å². The smallest absolute Gasteiger partial charge is 0.315 e. The predicted molar refractivity (Wildman–Crippen MR) is 43.9 cm³/mol. The van der Waals surface area contributed by atoms with Crippen molar-refractivity contribution in [1.82, 2.24) is 9.78 Å². The van der Waals surface area contributed by atoms with Gasteiger partial charge in [0, 0.05) is 13.2 Å². The zero-order valence-corrected chi connectivity index (χ0v) is 7.40. The summed E-state index contributed by atoms with van der Waals surface area (Å²) in [7, 11) is 1.74. The van der Waals surface area contributed by atoms with E-state index in [-0.39, 0.29) is 0 Å². The number of carbonyl (C=O) groups is 1. The average molecular weight is 168 g/mol. The van der Waals surface area contributed by atoms with E-state index in [0.29, 0.717) is 5.69 Å². The van der Waals surface area contributed by atoms with Gasteiger partial charge in [-0.1, -0.05) is 0 Å². The van der Waals surface area contributed by atoms with Gasteiger partial charge in [-0.15, -0.1) is 0 Å². The fourth-order valence-electron chi connectivity index (χ4n) is 1.10. The molecule has 0 fully saturated rings. The lowest BCUT2D eigenvalue weighted by Gasteiger charge is -2.18. The quantitative estimate of drug-likeness (QED) is 0.710. The molecule has 1 N–H and O–H groups in total. The van der Waals surface area contributed by atoms with Gasteiger partial charge in [0.25, 0.3) is 0 Å². The molecule has 66 valence electrons. The van der Waals surface area contributed by atoms with Crippen LogP contribution in [0.2, 0.25) is 0 Å². The van der Waals surface area contributed by atoms with E-state index >= 15 is 0 Å². The van der Waals surface area contributed by atoms with Crippen LogP contribution in [0.3, 0.4) is 0 Å². The molecule has 4 nitrogen and oxygen atoms in total. The number of carboxylic acids is 1. The number of aromatic nitrogens is 2. The number of hydrogen-bond acceptors (Lipinski definition) is 2. The van der Waals surface area contributed by atoms with Crippen LogP contribution in [-0.4, -0.2) is 20.9 Å². The van der Waals surface area contributed by atoms with Crippen LogP contribution in [0, 0.1) is 0 Å². The first kappa shape index (κ1) is 8.77. The lowest BCUT2D eigenvalue weighted by molar-refractivity contribution is -0.142. The van der Waals surface area contributed by atoms with E-state index in [1.807, 2.05) is 0 Å². The lowest BCUT2D eigenvalue weighted by atomic mass is 9.89. The monoisotopic (exact) mass is 168 g/mol. The van der Waals surface area contributed by atoms with Gasteiger partial charge in [-0.05, 0) is 19.9 Å². The number of aryl methyl sites for hydroxylation is 1. The highest BCUT2D eigenvalue weighted by molar-refractivity contribution is 5.79. The summed E-state index contributed by atoms with van der Waals surface area (Å²) in [6, 6.07) is 1.72. The largest absolute Gasteiger partial charge is 0.481 e. The Kier molecular flexibility index (Phi) is 1.92. The zero-order valence-electron chi connectivity index (χ0n) is 7.40. The minimum atomic E-state index is -0.870. The van der Waals surface area contributed by atoms with Crippen LogP contribution in [0.25, 0.3) is 0 Å². The number of nitrogens with zero attached hydrogens (tertiary/aromatic N) is 2. The Bertz CT molecular complexity index is 302. The molecule has 1 aromatic heterocycles. The third kappa shape index (κ3) is 1.20. The first-order valence-electron chi connectivity index (χ1n) is 3.68. The second-order valence-electron chi connectivity index (χ2n) is 3.27. The summed E-state index contributed by atoms with van der Waals surface area (Å²) in [6.45, 7) is 3.32. The van der Waals surface area contributed by atoms with Gasteiger partial charge in [-0.3, -0.25) is 9.48 Å². The van der Waals surface area contributed by atoms with Crippen LogP contribution in [-0.2, 0) is 17.3 Å². The third-order valence-electron chi connectivity index (χ3n) is 2.00. The molecule has 0 spiro atoms. The van der Waals surface area contributed by atoms with Gasteiger partial charge in [0.15, 0.2) is 0 Å². The number of hydrogen-bond donors (Lipinski definition) is 1. The molecular weight excluding hydrogens is 156 g/mol. The summed E-state index contributed by atoms with van der Waals surface area (Å²) in [6.07, 6.45) is 1.60. The Morgan fingerprint density at radius 3 is 2.58 bits per heavy atom. The van der Waals surface area contributed by atoms with Crippen molar-refractivity contribution in [2.45, 2.75) is 19.3 Å². The van der Waals surface area contributed by atoms with Crippen molar-refractivity contribution in [1.29, 1.82) is 0 Å². The van der Waals surface area contributed by atoms with E-state index in [1.54, 1.807) is 37.8 Å². The molecule has 0 unspecified atom stereocenters. The Hall–Kier alpha value is -1.32. The van der Waals surface area contributed by atoms with Crippen LogP contribution >= 0.6 is 0 Å². The number of rotatable bonds is 2. The molecule has 12 heavy (non-hydrogen) atoms. The molecule has 0 saturated carbocycles. The maximum absolute atomic E-state index is 10.8. The molecule has 0 aliphatic heterocycles. The second-order valence-corrected chi connectivity index (χ2v) is 3.27. The Morgan fingerprint density at radius 2 is 2.25 bits per heavy atom. The van der Waals surface area contributed by atoms with Crippen molar-refractivity contribution >= 4 is 5.97 Å². The molecule has 0 bridgehead atoms. The third-order valence-corrected chi connectivity index (χ3v) is 2.00. The summed E-state index contributed by atoms with van der Waals surface area (Å²) in [5, 5.41) is 12.8. The van der Waals surface area contributed by atoms with E-state index in [9.17, 15) is 4.79 Å². The minimum Gasteiger partial charge on any atom is -0.481 e. The molecule has 1 aromatic rings. The highest BCUT2D eigenvalue weighted by Gasteiger charge is 2.31. The molecule has 0 radical (unpaired) electrons. The van der Waals surface area contributed by atoms with Gasteiger partial charge in [0.2, 0.25) is 0 Å². The highest BCUT2D eigenvalue weighted by atomic mass is 16.4. The number of carboxylic acid groups (broad SMARTS) is 1. The van der Waals surface area contributed by atoms with Crippen molar-refractivity contribution in [2.75, 3.05) is 0 Å². The van der Waals surface area contributed by atoms with E-state index in [1.165, 1.54) is 0 Å². The van der Waals surface area contributed by atoms with Gasteiger partial charge in [-0.2, -0.15) is 5.10 Å². The first-order valence-corrected chi connectivity index (χ1v) is 3.68. The van der Waals surface area contributed by atoms with Crippen LogP contribution < -0.4 is 0 Å². The molecule has 4 heteroatoms. The van der Waals surface area contributed by atoms with Crippen LogP contribution in [0.1, 0.15) is 19.5 Å². The van der Waals surface area contributed by atoms with Crippen molar-refractivity contribution < 1.29 is 9.90 Å². The minimum absolute atomic E-state index is 0.704. The normalized spacial score (nSPS) is 11.6. The van der Waals surface area contributed by atoms with Crippen LogP contribution in [0.5, 0.6) is 0 Å². The Morgan fingerprint density at radius 1 is 1.67 bits per heavy atom. The van der Waals surface area contributed by atoms with Gasteiger partial charge >= 0.3 is 5.97 Å². The standard InChI is InChI=1S/C8H12N2O2/c1-8(2,7(11)12)6-4-5-9-10(6)3/h4-5H,1-3H3,(H,11,12). The lowest BCUT2D eigenvalue weighted by Crippen LogP contribution is -2.30. The molecule has 0 atom stereocenters. The van der Waals surface area contributed by atoms with Crippen LogP contribution in [0.4, 0.5) is 0 Å². The fraction of sp³-hybridized carbons (Fsp3) is 0.500. The molecular formula is C8H12N2O2. The summed E-state index contributed by atoms with van der Waals surface area (Å²) >= 11 is 0. The maximum atomic E-state index is 10.8. The molecule has 0 aliphatic rings. The zero-order chi connectivity index (χ0) is 9.35. The Balaban J connectivity index is 3.13. The van der Waals surface area contributed by atoms with E-state index in [0.717, 1.165) is 0 Å². The number of aliphatic carboxylic acids is 1. The van der Waals surface area contributed by atoms with E-state index < -0.39 is 11.4 Å². The van der Waals surface area contributed by atoms with Gasteiger partial charge in [-0.25, -0.2) is 0 Å². The van der Waals surface area contributed by atoms with Crippen LogP contribution in [0.15, 0.2) is 12.3 Å². The molecule has 0 saturated heterocycles. The Labute approximate surface area is 70.8 Å². The van der Waals surface area contributed by atoms with Crippen molar-refractivity contribution in [2.24, 2.45) is 7.05 Å². The summed E-state index contributed by atoms with van der Waals surface area (Å²) < 4.78 is 1.58. The summed E-state index contributed by atoms with van der Waals surface area (Å²) in [5.41, 5.74) is -0.166. The molecule has 0 aromatic carbocycles. The second kappa shape index (κ2) is 2.62. The SMILES string of the molecule is Cn1nccc1C(C)(C)C(=O)O. The van der Waals surface area contributed by atoms with E-state index in [4.69, 9.17) is 5.11 Å². The van der Waals surface area contributed by atoms with E-state index in [2.05, 4.69) is 5.10 Å². The molecule has 1 heterocycles. The van der Waals surface area contributed by atoms with Gasteiger partial charge in [0.05, 0.1) is 5.69 Å². The fourth-order valence-corrected chi connectivity index (χ4v) is 1.10. The van der Waals surface area contributed by atoms with Gasteiger partial charge < -0.3 is 5.11 Å². The van der Waals surface area contributed by atoms with Gasteiger partial charge in [0.1, 0.15) is 5.41 Å². The predicted octanol–water partition coefficient (Wildman–Crippen LogP) is 0.782. The molecule has 1 rings (SSSR count). The molecule has 0 aliphatic carbocycles. The maximum Gasteiger partial charge on any atom is 0.315 e. The van der Waals surface area contributed by atoms with Crippen molar-refractivity contribution in [3.8, 4) is 0 Å². The summed E-state index contributed by atoms with van der Waals surface area (Å²) in [4.78, 5) is 10.8. The highest BCUT2D eigenvalue weighted by Crippen LogP contribution is 2.21. The molecule has 0 amide bonds. The first-order chi connectivity index (χ1) is 5.46.